The largest absolute Gasteiger partial charge is 0.394 e. The molecule has 0 amide bonds. The molecule has 1 fully saturated rings. The van der Waals surface area contributed by atoms with E-state index < -0.39 is 18.4 Å². The maximum Gasteiger partial charge on any atom is 0.276 e. The minimum atomic E-state index is -0.537. The maximum absolute atomic E-state index is 11.7. The molecule has 9 heteroatoms. The van der Waals surface area contributed by atoms with E-state index in [0.717, 1.165) is 5.75 Å². The van der Waals surface area contributed by atoms with Crippen LogP contribution in [-0.2, 0) is 4.74 Å². The first-order valence-corrected chi connectivity index (χ1v) is 7.62. The predicted octanol–water partition coefficient (Wildman–Crippen LogP) is 1.62. The van der Waals surface area contributed by atoms with Crippen LogP contribution < -0.4 is 5.56 Å². The Bertz CT molecular complexity index is 613. The number of azide groups is 1. The van der Waals surface area contributed by atoms with Gasteiger partial charge < -0.3 is 14.4 Å². The number of rotatable bonds is 5. The van der Waals surface area contributed by atoms with Crippen molar-refractivity contribution in [2.24, 2.45) is 5.11 Å². The lowest BCUT2D eigenvalue weighted by Gasteiger charge is -2.19. The van der Waals surface area contributed by atoms with Crippen LogP contribution >= 0.6 is 11.8 Å². The summed E-state index contributed by atoms with van der Waals surface area (Å²) in [6.07, 6.45) is 1.20. The first kappa shape index (κ1) is 15.8. The van der Waals surface area contributed by atoms with Gasteiger partial charge in [-0.3, -0.25) is 4.79 Å². The lowest BCUT2D eigenvalue weighted by Crippen LogP contribution is -2.23. The molecule has 2 rings (SSSR count). The molecule has 0 radical (unpaired) electrons. The third kappa shape index (κ3) is 3.38. The van der Waals surface area contributed by atoms with E-state index in [1.165, 1.54) is 11.8 Å². The number of hydrogen-bond acceptors (Lipinski definition) is 6. The monoisotopic (exact) mass is 311 g/mol. The van der Waals surface area contributed by atoms with Gasteiger partial charge in [-0.25, -0.2) is 0 Å². The number of aliphatic hydroxyl groups excluding tert-OH is 1. The quantitative estimate of drug-likeness (QED) is 0.292. The molecule has 0 bridgehead atoms. The number of ether oxygens (including phenoxy) is 1. The van der Waals surface area contributed by atoms with E-state index in [1.54, 1.807) is 17.7 Å². The first-order chi connectivity index (χ1) is 10.1. The minimum absolute atomic E-state index is 0.219. The lowest BCUT2D eigenvalue weighted by atomic mass is 10.1. The molecule has 0 aromatic carbocycles. The molecular weight excluding hydrogens is 294 g/mol. The van der Waals surface area contributed by atoms with Crippen molar-refractivity contribution in [1.82, 2.24) is 9.55 Å². The average molecular weight is 311 g/mol. The topological polar surface area (TPSA) is 113 Å². The highest BCUT2D eigenvalue weighted by molar-refractivity contribution is 7.99. The Morgan fingerprint density at radius 1 is 1.71 bits per heavy atom. The molecular formula is C12H17N5O3S. The number of thioether (sulfide) groups is 1. The fraction of sp³-hybridized carbons (Fsp3) is 0.667. The second kappa shape index (κ2) is 6.95. The zero-order chi connectivity index (χ0) is 15.4. The van der Waals surface area contributed by atoms with Crippen LogP contribution in [0.4, 0.5) is 0 Å². The van der Waals surface area contributed by atoms with Crippen molar-refractivity contribution in [2.75, 3.05) is 12.4 Å². The lowest BCUT2D eigenvalue weighted by molar-refractivity contribution is -0.0297. The van der Waals surface area contributed by atoms with Crippen molar-refractivity contribution < 1.29 is 9.84 Å². The molecule has 1 saturated heterocycles. The van der Waals surface area contributed by atoms with Gasteiger partial charge in [0, 0.05) is 23.1 Å². The SMILES string of the molecule is CCSc1nc(=O)c(C)cn1[C@H]1C[C@H](N=[N+]=[N-])[C@@H](CO)O1. The Morgan fingerprint density at radius 3 is 3.10 bits per heavy atom. The van der Waals surface area contributed by atoms with Crippen molar-refractivity contribution in [3.8, 4) is 0 Å². The summed E-state index contributed by atoms with van der Waals surface area (Å²) in [6.45, 7) is 3.44. The van der Waals surface area contributed by atoms with Gasteiger partial charge in [-0.2, -0.15) is 4.98 Å². The fourth-order valence-electron chi connectivity index (χ4n) is 2.23. The van der Waals surface area contributed by atoms with Crippen molar-refractivity contribution in [2.45, 2.75) is 43.8 Å². The number of aromatic nitrogens is 2. The molecule has 0 spiro atoms. The highest BCUT2D eigenvalue weighted by atomic mass is 32.2. The summed E-state index contributed by atoms with van der Waals surface area (Å²) in [5, 5.41) is 13.5. The van der Waals surface area contributed by atoms with E-state index in [1.807, 2.05) is 6.92 Å². The average Bonchev–Trinajstić information content (AvgIpc) is 2.86. The third-order valence-electron chi connectivity index (χ3n) is 3.26. The normalized spacial score (nSPS) is 24.8. The van der Waals surface area contributed by atoms with E-state index in [2.05, 4.69) is 15.0 Å². The summed E-state index contributed by atoms with van der Waals surface area (Å²) in [5.74, 6) is 0.769. The van der Waals surface area contributed by atoms with Crippen molar-refractivity contribution >= 4 is 11.8 Å². The van der Waals surface area contributed by atoms with Crippen LogP contribution in [0, 0.1) is 6.92 Å². The van der Waals surface area contributed by atoms with E-state index in [4.69, 9.17) is 10.3 Å². The molecule has 0 unspecified atom stereocenters. The van der Waals surface area contributed by atoms with Crippen LogP contribution in [0.2, 0.25) is 0 Å². The van der Waals surface area contributed by atoms with Gasteiger partial charge in [-0.15, -0.1) is 0 Å². The van der Waals surface area contributed by atoms with Crippen LogP contribution in [0.1, 0.15) is 25.1 Å². The molecule has 0 saturated carbocycles. The molecule has 114 valence electrons. The molecule has 2 heterocycles. The highest BCUT2D eigenvalue weighted by Gasteiger charge is 2.36. The molecule has 1 aliphatic heterocycles. The molecule has 1 N–H and O–H groups in total. The van der Waals surface area contributed by atoms with Gasteiger partial charge >= 0.3 is 0 Å². The molecule has 1 aromatic rings. The number of hydrogen-bond donors (Lipinski definition) is 1. The van der Waals surface area contributed by atoms with Gasteiger partial charge in [0.05, 0.1) is 18.8 Å². The van der Waals surface area contributed by atoms with Gasteiger partial charge in [0.1, 0.15) is 6.23 Å². The van der Waals surface area contributed by atoms with Gasteiger partial charge in [0.15, 0.2) is 5.16 Å². The Balaban J connectivity index is 2.35. The number of aryl methyl sites for hydroxylation is 1. The van der Waals surface area contributed by atoms with Crippen molar-refractivity contribution in [3.05, 3.63) is 32.6 Å². The summed E-state index contributed by atoms with van der Waals surface area (Å²) in [4.78, 5) is 18.5. The van der Waals surface area contributed by atoms with E-state index in [0.29, 0.717) is 17.1 Å². The molecule has 8 nitrogen and oxygen atoms in total. The highest BCUT2D eigenvalue weighted by Crippen LogP contribution is 2.33. The molecule has 1 aromatic heterocycles. The van der Waals surface area contributed by atoms with E-state index in [-0.39, 0.29) is 12.2 Å². The Kier molecular flexibility index (Phi) is 5.24. The third-order valence-corrected chi connectivity index (χ3v) is 4.10. The maximum atomic E-state index is 11.7. The number of aliphatic hydroxyl groups is 1. The standard InChI is InChI=1S/C12H17N5O3S/c1-3-21-12-14-11(19)7(2)5-17(12)10-4-8(15-16-13)9(6-18)20-10/h5,8-10,18H,3-4,6H2,1-2H3/t8-,9+,10+/m0/s1. The van der Waals surface area contributed by atoms with Crippen LogP contribution in [0.25, 0.3) is 10.4 Å². The first-order valence-electron chi connectivity index (χ1n) is 6.63. The summed E-state index contributed by atoms with van der Waals surface area (Å²) in [7, 11) is 0. The van der Waals surface area contributed by atoms with Gasteiger partial charge in [-0.05, 0) is 18.2 Å². The zero-order valence-electron chi connectivity index (χ0n) is 11.8. The minimum Gasteiger partial charge on any atom is -0.394 e. The smallest absolute Gasteiger partial charge is 0.276 e. The van der Waals surface area contributed by atoms with Gasteiger partial charge in [0.2, 0.25) is 0 Å². The molecule has 3 atom stereocenters. The van der Waals surface area contributed by atoms with Gasteiger partial charge in [-0.1, -0.05) is 23.8 Å². The summed E-state index contributed by atoms with van der Waals surface area (Å²) < 4.78 is 7.51. The Labute approximate surface area is 125 Å². The van der Waals surface area contributed by atoms with Crippen molar-refractivity contribution in [3.63, 3.8) is 0 Å². The predicted molar refractivity (Wildman–Crippen MR) is 78.2 cm³/mol. The number of nitrogens with zero attached hydrogens (tertiary/aromatic N) is 5. The Morgan fingerprint density at radius 2 is 2.48 bits per heavy atom. The second-order valence-electron chi connectivity index (χ2n) is 4.67. The fourth-order valence-corrected chi connectivity index (χ4v) is 2.96. The van der Waals surface area contributed by atoms with Crippen LogP contribution in [0.5, 0.6) is 0 Å². The van der Waals surface area contributed by atoms with Gasteiger partial charge in [0.25, 0.3) is 5.56 Å². The second-order valence-corrected chi connectivity index (χ2v) is 5.90. The summed E-state index contributed by atoms with van der Waals surface area (Å²) in [6, 6.07) is -0.427. The van der Waals surface area contributed by atoms with E-state index >= 15 is 0 Å². The zero-order valence-corrected chi connectivity index (χ0v) is 12.7. The van der Waals surface area contributed by atoms with Crippen molar-refractivity contribution in [1.29, 1.82) is 0 Å². The Hall–Kier alpha value is -1.54. The van der Waals surface area contributed by atoms with Crippen LogP contribution in [0.15, 0.2) is 21.3 Å². The van der Waals surface area contributed by atoms with E-state index in [9.17, 15) is 9.90 Å². The van der Waals surface area contributed by atoms with Crippen LogP contribution in [-0.4, -0.2) is 39.2 Å². The molecule has 0 aliphatic carbocycles. The summed E-state index contributed by atoms with van der Waals surface area (Å²) in [5.41, 5.74) is 8.83. The summed E-state index contributed by atoms with van der Waals surface area (Å²) >= 11 is 1.44. The molecule has 1 aliphatic rings. The molecule has 21 heavy (non-hydrogen) atoms. The van der Waals surface area contributed by atoms with Crippen LogP contribution in [0.3, 0.4) is 0 Å².